The Labute approximate surface area is 86.3 Å². The summed E-state index contributed by atoms with van der Waals surface area (Å²) in [7, 11) is 0. The Kier molecular flexibility index (Phi) is 16800. The van der Waals surface area contributed by atoms with Gasteiger partial charge in [0, 0.05) is 0 Å². The molecule has 1 radical (unpaired) electrons. The molecule has 6 nitrogen and oxygen atoms in total. The van der Waals surface area contributed by atoms with Crippen LogP contribution in [0.25, 0.3) is 0 Å². The van der Waals surface area contributed by atoms with Crippen LogP contribution >= 0.6 is 0 Å². The first kappa shape index (κ1) is 457. The Balaban J connectivity index is 0. The van der Waals surface area contributed by atoms with Crippen molar-refractivity contribution in [1.29, 1.82) is 0 Å². The summed E-state index contributed by atoms with van der Waals surface area (Å²) >= 11 is 0. The number of hydrogen-bond donors (Lipinski definition) is 0. The maximum Gasteiger partial charge on any atom is 2.00 e. The fraction of sp³-hybridized carbons (Fsp3) is 0. The largest absolute Gasteiger partial charge is 2.00 e. The molecule has 0 aliphatic heterocycles. The van der Waals surface area contributed by atoms with Gasteiger partial charge in [-0.1, -0.05) is 0 Å². The van der Waals surface area contributed by atoms with Gasteiger partial charge in [0.1, 0.15) is 0 Å². The minimum absolute atomic E-state index is 0. The molecule has 0 fully saturated rings. The molecule has 9 heteroatoms. The molecular formula is H6FeMnO6Zn. The van der Waals surface area contributed by atoms with Gasteiger partial charge in [0.25, 0.3) is 0 Å². The molecule has 0 aromatic heterocycles. The molecule has 0 unspecified atom stereocenters. The van der Waals surface area contributed by atoms with Crippen LogP contribution in [0.3, 0.4) is 0 Å². The fourth-order valence-corrected chi connectivity index (χ4v) is 0. The van der Waals surface area contributed by atoms with Gasteiger partial charge >= 0.3 is 53.6 Å². The van der Waals surface area contributed by atoms with Gasteiger partial charge in [-0.15, -0.1) is 0 Å². The Morgan fingerprint density at radius 2 is 0.444 bits per heavy atom. The first-order valence-electron chi connectivity index (χ1n) is 0. The molecule has 0 saturated carbocycles. The number of rotatable bonds is 0. The molecule has 0 aliphatic rings. The van der Waals surface area contributed by atoms with Crippen LogP contribution in [-0.2, 0) is 53.6 Å². The smallest absolute Gasteiger partial charge is 0.870 e. The minimum Gasteiger partial charge on any atom is -0.870 e. The van der Waals surface area contributed by atoms with E-state index in [-0.39, 0.29) is 86.5 Å². The van der Waals surface area contributed by atoms with Crippen molar-refractivity contribution < 1.29 is 86.5 Å². The van der Waals surface area contributed by atoms with Crippen molar-refractivity contribution in [1.82, 2.24) is 0 Å². The van der Waals surface area contributed by atoms with E-state index in [0.717, 1.165) is 0 Å². The van der Waals surface area contributed by atoms with Crippen molar-refractivity contribution in [2.24, 2.45) is 0 Å². The summed E-state index contributed by atoms with van der Waals surface area (Å²) in [6.07, 6.45) is 0. The molecule has 0 aromatic carbocycles. The Morgan fingerprint density at radius 1 is 0.444 bits per heavy atom. The van der Waals surface area contributed by atoms with E-state index < -0.39 is 0 Å². The van der Waals surface area contributed by atoms with Crippen LogP contribution in [0.5, 0.6) is 0 Å². The van der Waals surface area contributed by atoms with E-state index in [1.807, 2.05) is 0 Å². The van der Waals surface area contributed by atoms with Crippen LogP contribution in [0, 0.1) is 0 Å². The van der Waals surface area contributed by atoms with Crippen molar-refractivity contribution in [3.05, 3.63) is 0 Å². The fourth-order valence-electron chi connectivity index (χ4n) is 0. The molecule has 0 atom stereocenters. The van der Waals surface area contributed by atoms with Gasteiger partial charge in [0.2, 0.25) is 0 Å². The van der Waals surface area contributed by atoms with Crippen LogP contribution in [0.1, 0.15) is 0 Å². The molecule has 6 N–H and O–H groups in total. The van der Waals surface area contributed by atoms with Gasteiger partial charge in [0.05, 0.1) is 0 Å². The average molecular weight is 278 g/mol. The zero-order valence-electron chi connectivity index (χ0n) is 4.12. The topological polar surface area (TPSA) is 180 Å². The molecule has 0 saturated heterocycles. The third-order valence-electron chi connectivity index (χ3n) is 0. The summed E-state index contributed by atoms with van der Waals surface area (Å²) in [6.45, 7) is 0. The summed E-state index contributed by atoms with van der Waals surface area (Å²) in [4.78, 5) is 0. The normalized spacial score (nSPS) is 0. The Bertz CT molecular complexity index is 13.0. The van der Waals surface area contributed by atoms with E-state index in [0.29, 0.717) is 0 Å². The van der Waals surface area contributed by atoms with Crippen LogP contribution in [-0.4, -0.2) is 32.9 Å². The van der Waals surface area contributed by atoms with Crippen LogP contribution in [0.4, 0.5) is 0 Å². The molecule has 0 aromatic rings. The van der Waals surface area contributed by atoms with Crippen LogP contribution < -0.4 is 0 Å². The molecular weight excluding hydrogens is 272 g/mol. The molecule has 0 rings (SSSR count). The molecule has 59 valence electrons. The molecule has 9 heavy (non-hydrogen) atoms. The predicted octanol–water partition coefficient (Wildman–Crippen LogP) is -1.07. The summed E-state index contributed by atoms with van der Waals surface area (Å²) in [5.41, 5.74) is 0. The first-order chi connectivity index (χ1) is 0. The van der Waals surface area contributed by atoms with Gasteiger partial charge in [-0.05, 0) is 0 Å². The Morgan fingerprint density at radius 3 is 0.444 bits per heavy atom. The molecule has 0 amide bonds. The van der Waals surface area contributed by atoms with Crippen LogP contribution in [0.15, 0.2) is 0 Å². The maximum atomic E-state index is 0. The SMILES string of the molecule is [Fe+2].[Mn+2].[OH-].[OH-].[OH-].[OH-].[OH-].[OH-].[Zn+2]. The second-order valence-electron chi connectivity index (χ2n) is 0. The van der Waals surface area contributed by atoms with Crippen molar-refractivity contribution in [2.75, 3.05) is 0 Å². The van der Waals surface area contributed by atoms with E-state index >= 15 is 0 Å². The zero-order valence-corrected chi connectivity index (χ0v) is 9.37. The molecule has 0 bridgehead atoms. The van der Waals surface area contributed by atoms with E-state index in [2.05, 4.69) is 0 Å². The van der Waals surface area contributed by atoms with Gasteiger partial charge in [-0.3, -0.25) is 0 Å². The van der Waals surface area contributed by atoms with E-state index in [1.165, 1.54) is 0 Å². The Hall–Kier alpha value is 1.42. The zero-order chi connectivity index (χ0) is 0. The summed E-state index contributed by atoms with van der Waals surface area (Å²) in [5.74, 6) is 0. The first-order valence-corrected chi connectivity index (χ1v) is 0. The molecule has 0 spiro atoms. The number of hydrogen-bond acceptors (Lipinski definition) is 6. The van der Waals surface area contributed by atoms with Crippen LogP contribution in [0.2, 0.25) is 0 Å². The summed E-state index contributed by atoms with van der Waals surface area (Å²) in [5, 5.41) is 0. The molecule has 0 heterocycles. The van der Waals surface area contributed by atoms with Gasteiger partial charge in [-0.25, -0.2) is 0 Å². The van der Waals surface area contributed by atoms with Crippen molar-refractivity contribution in [2.45, 2.75) is 0 Å². The van der Waals surface area contributed by atoms with Crippen molar-refractivity contribution in [3.8, 4) is 0 Å². The minimum atomic E-state index is 0. The monoisotopic (exact) mass is 277 g/mol. The van der Waals surface area contributed by atoms with Crippen molar-refractivity contribution >= 4 is 0 Å². The second-order valence-corrected chi connectivity index (χ2v) is 0. The quantitative estimate of drug-likeness (QED) is 0.508. The van der Waals surface area contributed by atoms with Gasteiger partial charge < -0.3 is 32.9 Å². The third-order valence-corrected chi connectivity index (χ3v) is 0. The van der Waals surface area contributed by atoms with E-state index in [1.54, 1.807) is 0 Å². The van der Waals surface area contributed by atoms with Gasteiger partial charge in [-0.2, -0.15) is 0 Å². The maximum absolute atomic E-state index is 0. The van der Waals surface area contributed by atoms with Gasteiger partial charge in [0.15, 0.2) is 0 Å². The average Bonchev–Trinajstić information content (AvgIpc) is 0. The van der Waals surface area contributed by atoms with Crippen molar-refractivity contribution in [3.63, 3.8) is 0 Å². The van der Waals surface area contributed by atoms with E-state index in [4.69, 9.17) is 0 Å². The third kappa shape index (κ3) is 257. The standard InChI is InChI=1S/Fe.Mn.6H2O.Zn/h;;6*1H2;/q2*+2;;;;;;;+2/p-6. The second kappa shape index (κ2) is 330. The molecule has 0 aliphatic carbocycles. The summed E-state index contributed by atoms with van der Waals surface area (Å²) < 4.78 is 0. The summed E-state index contributed by atoms with van der Waals surface area (Å²) in [6, 6.07) is 0. The van der Waals surface area contributed by atoms with E-state index in [9.17, 15) is 0 Å². The predicted molar refractivity (Wildman–Crippen MR) is 11.6 cm³/mol.